The molecule has 0 radical (unpaired) electrons. The summed E-state index contributed by atoms with van der Waals surface area (Å²) in [6.45, 7) is 1.74. The zero-order valence-corrected chi connectivity index (χ0v) is 15.9. The molecular formula is C22H24FN3O2. The van der Waals surface area contributed by atoms with Crippen LogP contribution in [-0.4, -0.2) is 17.5 Å². The lowest BCUT2D eigenvalue weighted by atomic mass is 9.88. The summed E-state index contributed by atoms with van der Waals surface area (Å²) in [4.78, 5) is 24.5. The highest BCUT2D eigenvalue weighted by Gasteiger charge is 2.21. The molecule has 3 rings (SSSR count). The topological polar surface area (TPSA) is 70.6 Å². The summed E-state index contributed by atoms with van der Waals surface area (Å²) in [5.41, 5.74) is 4.32. The zero-order chi connectivity index (χ0) is 19.9. The molecule has 2 aromatic carbocycles. The maximum absolute atomic E-state index is 13.7. The molecule has 0 unspecified atom stereocenters. The van der Waals surface area contributed by atoms with E-state index in [-0.39, 0.29) is 17.4 Å². The van der Waals surface area contributed by atoms with Crippen LogP contribution in [0.25, 0.3) is 0 Å². The van der Waals surface area contributed by atoms with Gasteiger partial charge in [0.15, 0.2) is 0 Å². The van der Waals surface area contributed by atoms with Crippen molar-refractivity contribution in [1.82, 2.24) is 5.43 Å². The van der Waals surface area contributed by atoms with Crippen LogP contribution >= 0.6 is 0 Å². The molecule has 6 heteroatoms. The van der Waals surface area contributed by atoms with Gasteiger partial charge in [0.25, 0.3) is 5.91 Å². The predicted molar refractivity (Wildman–Crippen MR) is 108 cm³/mol. The number of benzene rings is 2. The molecule has 0 bridgehead atoms. The molecule has 0 heterocycles. The van der Waals surface area contributed by atoms with E-state index in [1.165, 1.54) is 24.6 Å². The first-order valence-corrected chi connectivity index (χ1v) is 9.55. The molecule has 1 saturated carbocycles. The van der Waals surface area contributed by atoms with Crippen LogP contribution in [0.2, 0.25) is 0 Å². The van der Waals surface area contributed by atoms with E-state index in [0.717, 1.165) is 31.2 Å². The summed E-state index contributed by atoms with van der Waals surface area (Å²) in [6.07, 6.45) is 5.28. The number of halogens is 1. The minimum absolute atomic E-state index is 0.0549. The molecule has 0 aliphatic heterocycles. The van der Waals surface area contributed by atoms with E-state index in [2.05, 4.69) is 15.8 Å². The molecule has 1 aliphatic rings. The summed E-state index contributed by atoms with van der Waals surface area (Å²) >= 11 is 0. The third-order valence-electron chi connectivity index (χ3n) is 4.97. The van der Waals surface area contributed by atoms with Gasteiger partial charge in [0.2, 0.25) is 5.91 Å². The Hall–Kier alpha value is -3.02. The molecule has 1 aliphatic carbocycles. The number of amides is 2. The molecule has 0 atom stereocenters. The molecular weight excluding hydrogens is 357 g/mol. The molecule has 5 nitrogen and oxygen atoms in total. The first-order chi connectivity index (χ1) is 13.5. The Bertz CT molecular complexity index is 889. The molecule has 0 saturated heterocycles. The van der Waals surface area contributed by atoms with E-state index in [9.17, 15) is 14.0 Å². The highest BCUT2D eigenvalue weighted by Crippen LogP contribution is 2.25. The Morgan fingerprint density at radius 3 is 2.54 bits per heavy atom. The maximum atomic E-state index is 13.7. The molecule has 146 valence electrons. The average Bonchev–Trinajstić information content (AvgIpc) is 2.73. The summed E-state index contributed by atoms with van der Waals surface area (Å²) in [6, 6.07) is 13.0. The van der Waals surface area contributed by atoms with Crippen LogP contribution in [0.15, 0.2) is 53.6 Å². The molecule has 1 fully saturated rings. The van der Waals surface area contributed by atoms with Crippen molar-refractivity contribution < 1.29 is 14.0 Å². The number of rotatable bonds is 5. The van der Waals surface area contributed by atoms with E-state index in [1.54, 1.807) is 13.0 Å². The fourth-order valence-corrected chi connectivity index (χ4v) is 3.34. The van der Waals surface area contributed by atoms with Crippen LogP contribution in [0.3, 0.4) is 0 Å². The number of anilines is 1. The number of carbonyl (C=O) groups excluding carboxylic acids is 2. The van der Waals surface area contributed by atoms with E-state index < -0.39 is 11.7 Å². The van der Waals surface area contributed by atoms with Gasteiger partial charge >= 0.3 is 0 Å². The fraction of sp³-hybridized carbons (Fsp3) is 0.318. The highest BCUT2D eigenvalue weighted by molar-refractivity contribution is 6.02. The fourth-order valence-electron chi connectivity index (χ4n) is 3.34. The van der Waals surface area contributed by atoms with Crippen LogP contribution in [0.1, 0.15) is 54.9 Å². The Kier molecular flexibility index (Phi) is 6.53. The van der Waals surface area contributed by atoms with Gasteiger partial charge in [-0.2, -0.15) is 5.10 Å². The number of nitrogens with zero attached hydrogens (tertiary/aromatic N) is 1. The second-order valence-corrected chi connectivity index (χ2v) is 7.02. The van der Waals surface area contributed by atoms with Gasteiger partial charge in [0, 0.05) is 11.6 Å². The van der Waals surface area contributed by atoms with Crippen molar-refractivity contribution >= 4 is 23.2 Å². The van der Waals surface area contributed by atoms with Crippen LogP contribution in [0.5, 0.6) is 0 Å². The quantitative estimate of drug-likeness (QED) is 0.591. The summed E-state index contributed by atoms with van der Waals surface area (Å²) < 4.78 is 13.7. The third-order valence-corrected chi connectivity index (χ3v) is 4.97. The smallest absolute Gasteiger partial charge is 0.274 e. The molecule has 0 aromatic heterocycles. The molecule has 2 N–H and O–H groups in total. The summed E-state index contributed by atoms with van der Waals surface area (Å²) in [5, 5.41) is 7.03. The van der Waals surface area contributed by atoms with Gasteiger partial charge in [0.1, 0.15) is 5.82 Å². The van der Waals surface area contributed by atoms with Crippen LogP contribution in [-0.2, 0) is 4.79 Å². The SMILES string of the molecule is CC(=NNC(=O)c1ccccc1F)c1cccc(NC(=O)C2CCCCC2)c1. The van der Waals surface area contributed by atoms with Crippen LogP contribution < -0.4 is 10.7 Å². The Balaban J connectivity index is 1.65. The van der Waals surface area contributed by atoms with Gasteiger partial charge in [-0.3, -0.25) is 9.59 Å². The van der Waals surface area contributed by atoms with E-state index in [4.69, 9.17) is 0 Å². The van der Waals surface area contributed by atoms with Crippen LogP contribution in [0, 0.1) is 11.7 Å². The minimum atomic E-state index is -0.612. The number of hydrogen-bond donors (Lipinski definition) is 2. The summed E-state index contributed by atoms with van der Waals surface area (Å²) in [7, 11) is 0. The maximum Gasteiger partial charge on any atom is 0.274 e. The van der Waals surface area contributed by atoms with Gasteiger partial charge in [0.05, 0.1) is 11.3 Å². The van der Waals surface area contributed by atoms with Gasteiger partial charge in [-0.1, -0.05) is 43.5 Å². The number of carbonyl (C=O) groups is 2. The Labute approximate surface area is 164 Å². The number of nitrogens with one attached hydrogen (secondary N) is 2. The second-order valence-electron chi connectivity index (χ2n) is 7.02. The van der Waals surface area contributed by atoms with Gasteiger partial charge in [-0.25, -0.2) is 9.82 Å². The lowest BCUT2D eigenvalue weighted by molar-refractivity contribution is -0.120. The largest absolute Gasteiger partial charge is 0.326 e. The molecule has 0 spiro atoms. The highest BCUT2D eigenvalue weighted by atomic mass is 19.1. The molecule has 2 aromatic rings. The standard InChI is InChI=1S/C22H24FN3O2/c1-15(25-26-22(28)19-12-5-6-13-20(19)23)17-10-7-11-18(14-17)24-21(27)16-8-3-2-4-9-16/h5-7,10-14,16H,2-4,8-9H2,1H3,(H,24,27)(H,26,28). The summed E-state index contributed by atoms with van der Waals surface area (Å²) in [5.74, 6) is -1.08. The van der Waals surface area contributed by atoms with Crippen molar-refractivity contribution in [3.8, 4) is 0 Å². The second kappa shape index (κ2) is 9.26. The van der Waals surface area contributed by atoms with Gasteiger partial charge in [-0.05, 0) is 49.6 Å². The monoisotopic (exact) mass is 381 g/mol. The number of hydrogen-bond acceptors (Lipinski definition) is 3. The first-order valence-electron chi connectivity index (χ1n) is 9.55. The number of hydrazone groups is 1. The van der Waals surface area contributed by atoms with E-state index in [0.29, 0.717) is 11.4 Å². The van der Waals surface area contributed by atoms with Gasteiger partial charge in [-0.15, -0.1) is 0 Å². The van der Waals surface area contributed by atoms with Crippen LogP contribution in [0.4, 0.5) is 10.1 Å². The van der Waals surface area contributed by atoms with E-state index >= 15 is 0 Å². The zero-order valence-electron chi connectivity index (χ0n) is 15.9. The van der Waals surface area contributed by atoms with Crippen molar-refractivity contribution in [2.75, 3.05) is 5.32 Å². The van der Waals surface area contributed by atoms with Crippen molar-refractivity contribution in [3.63, 3.8) is 0 Å². The molecule has 28 heavy (non-hydrogen) atoms. The van der Waals surface area contributed by atoms with Crippen molar-refractivity contribution in [2.45, 2.75) is 39.0 Å². The first kappa shape index (κ1) is 19.7. The Morgan fingerprint density at radius 2 is 1.79 bits per heavy atom. The average molecular weight is 381 g/mol. The predicted octanol–water partition coefficient (Wildman–Crippen LogP) is 4.50. The van der Waals surface area contributed by atoms with Crippen molar-refractivity contribution in [3.05, 3.63) is 65.5 Å². The Morgan fingerprint density at radius 1 is 1.04 bits per heavy atom. The van der Waals surface area contributed by atoms with Crippen molar-refractivity contribution in [1.29, 1.82) is 0 Å². The normalized spacial score (nSPS) is 15.1. The van der Waals surface area contributed by atoms with Crippen molar-refractivity contribution in [2.24, 2.45) is 11.0 Å². The lowest BCUT2D eigenvalue weighted by Crippen LogP contribution is -2.24. The lowest BCUT2D eigenvalue weighted by Gasteiger charge is -2.20. The van der Waals surface area contributed by atoms with Gasteiger partial charge < -0.3 is 5.32 Å². The third kappa shape index (κ3) is 5.03. The van der Waals surface area contributed by atoms with E-state index in [1.807, 2.05) is 24.3 Å². The molecule has 2 amide bonds. The minimum Gasteiger partial charge on any atom is -0.326 e.